The predicted octanol–water partition coefficient (Wildman–Crippen LogP) is 0.929. The summed E-state index contributed by atoms with van der Waals surface area (Å²) in [5.74, 6) is 0.254. The Hall–Kier alpha value is -2.97. The minimum atomic E-state index is -0.428. The van der Waals surface area contributed by atoms with E-state index >= 15 is 0 Å². The van der Waals surface area contributed by atoms with Crippen LogP contribution in [0.4, 0.5) is 11.5 Å². The number of fused-ring (bicyclic) bond motifs is 2. The van der Waals surface area contributed by atoms with E-state index in [0.29, 0.717) is 32.4 Å². The van der Waals surface area contributed by atoms with Crippen LogP contribution in [0.3, 0.4) is 0 Å². The Balaban J connectivity index is 0.00000240. The Bertz CT molecular complexity index is 1280. The van der Waals surface area contributed by atoms with Gasteiger partial charge < -0.3 is 22.5 Å². The summed E-state index contributed by atoms with van der Waals surface area (Å²) in [6, 6.07) is 14.1. The average molecular weight is 475 g/mol. The van der Waals surface area contributed by atoms with Gasteiger partial charge in [0.05, 0.1) is 33.2 Å². The molecular formula is C20H15BrClN4O3-. The van der Waals surface area contributed by atoms with Crippen molar-refractivity contribution in [1.82, 2.24) is 14.4 Å². The molecule has 2 aromatic carbocycles. The zero-order chi connectivity index (χ0) is 19.7. The monoisotopic (exact) mass is 473 g/mol. The maximum Gasteiger partial charge on any atom is 0.340 e. The molecule has 0 aliphatic carbocycles. The summed E-state index contributed by atoms with van der Waals surface area (Å²) in [7, 11) is 0. The van der Waals surface area contributed by atoms with E-state index in [9.17, 15) is 9.59 Å². The number of halogens is 2. The van der Waals surface area contributed by atoms with Gasteiger partial charge in [-0.1, -0.05) is 24.3 Å². The Labute approximate surface area is 180 Å². The van der Waals surface area contributed by atoms with Crippen LogP contribution < -0.4 is 23.3 Å². The minimum Gasteiger partial charge on any atom is -1.00 e. The zero-order valence-corrected chi connectivity index (χ0v) is 17.6. The van der Waals surface area contributed by atoms with Gasteiger partial charge in [-0.2, -0.15) is 4.98 Å². The summed E-state index contributed by atoms with van der Waals surface area (Å²) in [5.41, 5.74) is 1.30. The first kappa shape index (κ1) is 20.8. The summed E-state index contributed by atoms with van der Waals surface area (Å²) >= 11 is 3.44. The summed E-state index contributed by atoms with van der Waals surface area (Å²) in [6.45, 7) is 2.04. The molecule has 2 aromatic heterocycles. The van der Waals surface area contributed by atoms with Crippen molar-refractivity contribution >= 4 is 50.1 Å². The predicted molar refractivity (Wildman–Crippen MR) is 110 cm³/mol. The summed E-state index contributed by atoms with van der Waals surface area (Å²) in [6.07, 6.45) is 1.61. The van der Waals surface area contributed by atoms with E-state index < -0.39 is 5.97 Å². The van der Waals surface area contributed by atoms with Crippen molar-refractivity contribution in [3.05, 3.63) is 75.1 Å². The highest BCUT2D eigenvalue weighted by Crippen LogP contribution is 2.26. The van der Waals surface area contributed by atoms with Crippen molar-refractivity contribution in [1.29, 1.82) is 0 Å². The Morgan fingerprint density at radius 1 is 1.14 bits per heavy atom. The van der Waals surface area contributed by atoms with Crippen molar-refractivity contribution in [3.8, 4) is 0 Å². The van der Waals surface area contributed by atoms with Gasteiger partial charge in [0.1, 0.15) is 5.82 Å². The number of hydrogen-bond donors (Lipinski definition) is 1. The molecule has 0 bridgehead atoms. The molecule has 0 aliphatic rings. The summed E-state index contributed by atoms with van der Waals surface area (Å²) in [5, 5.41) is 3.64. The van der Waals surface area contributed by atoms with Crippen molar-refractivity contribution in [2.24, 2.45) is 0 Å². The number of carbonyl (C=O) groups excluding carboxylic acids is 1. The van der Waals surface area contributed by atoms with E-state index in [-0.39, 0.29) is 30.4 Å². The fourth-order valence-electron chi connectivity index (χ4n) is 2.85. The maximum absolute atomic E-state index is 12.7. The first-order chi connectivity index (χ1) is 13.6. The van der Waals surface area contributed by atoms with Crippen LogP contribution in [0.15, 0.2) is 64.0 Å². The molecule has 29 heavy (non-hydrogen) atoms. The van der Waals surface area contributed by atoms with Crippen molar-refractivity contribution < 1.29 is 21.9 Å². The molecule has 0 spiro atoms. The topological polar surface area (TPSA) is 85.6 Å². The molecule has 4 rings (SSSR count). The highest BCUT2D eigenvalue weighted by Gasteiger charge is 2.15. The summed E-state index contributed by atoms with van der Waals surface area (Å²) < 4.78 is 7.04. The number of nitrogens with zero attached hydrogens (tertiary/aromatic N) is 3. The van der Waals surface area contributed by atoms with Gasteiger partial charge in [0, 0.05) is 6.20 Å². The lowest BCUT2D eigenvalue weighted by Gasteiger charge is -2.13. The molecule has 0 saturated carbocycles. The largest absolute Gasteiger partial charge is 1.00 e. The Morgan fingerprint density at radius 3 is 2.66 bits per heavy atom. The lowest BCUT2D eigenvalue weighted by Crippen LogP contribution is -3.00. The number of benzene rings is 2. The van der Waals surface area contributed by atoms with Crippen LogP contribution in [0.5, 0.6) is 0 Å². The third-order valence-corrected chi connectivity index (χ3v) is 4.73. The molecule has 0 fully saturated rings. The first-order valence-electron chi connectivity index (χ1n) is 8.59. The number of hydrogen-bond acceptors (Lipinski definition) is 6. The van der Waals surface area contributed by atoms with Gasteiger partial charge in [-0.25, -0.2) is 9.78 Å². The fraction of sp³-hybridized carbons (Fsp3) is 0.100. The van der Waals surface area contributed by atoms with Crippen LogP contribution in [-0.4, -0.2) is 26.9 Å². The second-order valence-corrected chi connectivity index (χ2v) is 6.79. The minimum absolute atomic E-state index is 0. The molecule has 0 unspecified atom stereocenters. The van der Waals surface area contributed by atoms with Crippen LogP contribution in [0.1, 0.15) is 17.3 Å². The van der Waals surface area contributed by atoms with E-state index in [2.05, 4.69) is 31.2 Å². The number of para-hydroxylation sites is 2. The van der Waals surface area contributed by atoms with Crippen molar-refractivity contribution in [3.63, 3.8) is 0 Å². The molecule has 9 heteroatoms. The quantitative estimate of drug-likeness (QED) is 0.350. The standard InChI is InChI=1S/C20H15BrN4O3.ClH/c1-2-28-19(27)13-8-4-6-10-16(13)22-17-14(21)11-25-18(26)12-7-3-5-9-15(12)23-20(25)24-17;/h3-11H,2H2,1H3,(H,22,23,24);1H/p-1. The molecule has 1 N–H and O–H groups in total. The maximum atomic E-state index is 12.7. The molecule has 2 heterocycles. The van der Waals surface area contributed by atoms with Crippen LogP contribution in [0.25, 0.3) is 16.7 Å². The molecule has 0 aliphatic heterocycles. The third kappa shape index (κ3) is 3.94. The SMILES string of the molecule is CCOC(=O)c1ccccc1Nc1nc2nc3ccccc3c(=O)n2cc1Br.[Cl-]. The van der Waals surface area contributed by atoms with Crippen LogP contribution in [0, 0.1) is 0 Å². The van der Waals surface area contributed by atoms with E-state index in [1.165, 1.54) is 4.40 Å². The molecule has 0 radical (unpaired) electrons. The van der Waals surface area contributed by atoms with Crippen molar-refractivity contribution in [2.45, 2.75) is 6.92 Å². The van der Waals surface area contributed by atoms with Crippen LogP contribution in [0.2, 0.25) is 0 Å². The number of rotatable bonds is 4. The zero-order valence-electron chi connectivity index (χ0n) is 15.2. The number of aromatic nitrogens is 3. The van der Waals surface area contributed by atoms with Crippen molar-refractivity contribution in [2.75, 3.05) is 11.9 Å². The van der Waals surface area contributed by atoms with Gasteiger partial charge in [-0.15, -0.1) is 0 Å². The van der Waals surface area contributed by atoms with E-state index in [0.717, 1.165) is 0 Å². The first-order valence-corrected chi connectivity index (χ1v) is 9.38. The summed E-state index contributed by atoms with van der Waals surface area (Å²) in [4.78, 5) is 33.8. The van der Waals surface area contributed by atoms with Crippen LogP contribution >= 0.6 is 15.9 Å². The van der Waals surface area contributed by atoms with Gasteiger partial charge in [-0.3, -0.25) is 9.20 Å². The van der Waals surface area contributed by atoms with E-state index in [1.54, 1.807) is 55.6 Å². The van der Waals surface area contributed by atoms with Gasteiger partial charge in [-0.05, 0) is 47.1 Å². The number of carbonyl (C=O) groups is 1. The molecule has 0 saturated heterocycles. The highest BCUT2D eigenvalue weighted by atomic mass is 79.9. The van der Waals surface area contributed by atoms with E-state index in [4.69, 9.17) is 4.74 Å². The molecule has 148 valence electrons. The van der Waals surface area contributed by atoms with Crippen LogP contribution in [-0.2, 0) is 4.74 Å². The van der Waals surface area contributed by atoms with Gasteiger partial charge in [0.2, 0.25) is 5.78 Å². The number of anilines is 2. The Kier molecular flexibility index (Phi) is 6.14. The molecule has 0 atom stereocenters. The van der Waals surface area contributed by atoms with Gasteiger partial charge in [0.15, 0.2) is 0 Å². The average Bonchev–Trinajstić information content (AvgIpc) is 2.70. The fourth-order valence-corrected chi connectivity index (χ4v) is 3.24. The van der Waals surface area contributed by atoms with Gasteiger partial charge >= 0.3 is 5.97 Å². The number of esters is 1. The highest BCUT2D eigenvalue weighted by molar-refractivity contribution is 9.10. The Morgan fingerprint density at radius 2 is 1.86 bits per heavy atom. The number of ether oxygens (including phenoxy) is 1. The molecule has 4 aromatic rings. The normalized spacial score (nSPS) is 10.6. The second kappa shape index (κ2) is 8.59. The second-order valence-electron chi connectivity index (χ2n) is 5.93. The lowest BCUT2D eigenvalue weighted by atomic mass is 10.2. The number of nitrogens with one attached hydrogen (secondary N) is 1. The third-order valence-electron chi connectivity index (χ3n) is 4.15. The van der Waals surface area contributed by atoms with Gasteiger partial charge in [0.25, 0.3) is 5.56 Å². The lowest BCUT2D eigenvalue weighted by molar-refractivity contribution is -0.0000238. The van der Waals surface area contributed by atoms with E-state index in [1.807, 2.05) is 6.07 Å². The smallest absolute Gasteiger partial charge is 0.340 e. The molecule has 7 nitrogen and oxygen atoms in total. The molecule has 0 amide bonds. The molecular weight excluding hydrogens is 460 g/mol.